The van der Waals surface area contributed by atoms with E-state index in [1.54, 1.807) is 36.4 Å². The zero-order valence-electron chi connectivity index (χ0n) is 17.9. The average molecular weight is 478 g/mol. The molecule has 3 aromatic carbocycles. The van der Waals surface area contributed by atoms with Gasteiger partial charge in [0.05, 0.1) is 28.9 Å². The van der Waals surface area contributed by atoms with Crippen molar-refractivity contribution >= 4 is 28.6 Å². The minimum absolute atomic E-state index is 0.0105. The number of carbonyl (C=O) groups is 1. The molecule has 1 atom stereocenters. The summed E-state index contributed by atoms with van der Waals surface area (Å²) < 4.78 is 27.3. The molecule has 0 saturated heterocycles. The smallest absolute Gasteiger partial charge is 0.266 e. The molecule has 0 radical (unpaired) electrons. The lowest BCUT2D eigenvalue weighted by atomic mass is 10.2. The summed E-state index contributed by atoms with van der Waals surface area (Å²) >= 11 is 1.06. The Morgan fingerprint density at radius 1 is 1.06 bits per heavy atom. The van der Waals surface area contributed by atoms with Crippen LogP contribution in [0.5, 0.6) is 11.5 Å². The number of carbonyl (C=O) groups excluding carboxylic acids is 1. The van der Waals surface area contributed by atoms with Crippen molar-refractivity contribution in [1.29, 1.82) is 0 Å². The zero-order valence-corrected chi connectivity index (χ0v) is 18.8. The number of nitrogens with zero attached hydrogens (tertiary/aromatic N) is 2. The van der Waals surface area contributed by atoms with Crippen molar-refractivity contribution < 1.29 is 18.7 Å². The first-order chi connectivity index (χ1) is 16.6. The Kier molecular flexibility index (Phi) is 6.18. The van der Waals surface area contributed by atoms with Gasteiger partial charge in [0.1, 0.15) is 18.5 Å². The molecule has 0 aliphatic carbocycles. The van der Waals surface area contributed by atoms with E-state index in [2.05, 4.69) is 10.3 Å². The number of hydrogen-bond donors (Lipinski definition) is 1. The Morgan fingerprint density at radius 2 is 1.79 bits per heavy atom. The van der Waals surface area contributed by atoms with E-state index in [4.69, 9.17) is 9.47 Å². The van der Waals surface area contributed by atoms with Crippen LogP contribution in [-0.2, 0) is 4.79 Å². The van der Waals surface area contributed by atoms with Crippen molar-refractivity contribution in [2.75, 3.05) is 18.9 Å². The molecule has 1 aliphatic heterocycles. The Hall–Kier alpha value is -3.85. The fourth-order valence-electron chi connectivity index (χ4n) is 3.63. The minimum atomic E-state index is -0.553. The van der Waals surface area contributed by atoms with E-state index < -0.39 is 11.4 Å². The first-order valence-electron chi connectivity index (χ1n) is 10.6. The predicted molar refractivity (Wildman–Crippen MR) is 127 cm³/mol. The number of benzene rings is 3. The van der Waals surface area contributed by atoms with Crippen LogP contribution in [0.1, 0.15) is 0 Å². The van der Waals surface area contributed by atoms with Gasteiger partial charge < -0.3 is 14.8 Å². The molecule has 34 heavy (non-hydrogen) atoms. The van der Waals surface area contributed by atoms with Crippen molar-refractivity contribution in [3.8, 4) is 17.2 Å². The molecule has 1 aliphatic rings. The molecule has 0 bridgehead atoms. The second kappa shape index (κ2) is 9.56. The highest BCUT2D eigenvalue weighted by Crippen LogP contribution is 2.30. The molecular formula is C25H20FN3O4S. The average Bonchev–Trinajstić information content (AvgIpc) is 2.87. The van der Waals surface area contributed by atoms with Gasteiger partial charge in [-0.15, -0.1) is 0 Å². The van der Waals surface area contributed by atoms with E-state index in [0.717, 1.165) is 11.8 Å². The van der Waals surface area contributed by atoms with Crippen LogP contribution >= 0.6 is 11.8 Å². The zero-order chi connectivity index (χ0) is 23.5. The lowest BCUT2D eigenvalue weighted by molar-refractivity contribution is -0.119. The highest BCUT2D eigenvalue weighted by atomic mass is 32.2. The fourth-order valence-corrected chi connectivity index (χ4v) is 4.46. The summed E-state index contributed by atoms with van der Waals surface area (Å²) in [5, 5.41) is 3.42. The number of halogens is 1. The summed E-state index contributed by atoms with van der Waals surface area (Å²) in [6.45, 7) is 0.586. The van der Waals surface area contributed by atoms with Crippen LogP contribution in [0.4, 0.5) is 4.39 Å². The normalized spacial score (nSPS) is 14.7. The third kappa shape index (κ3) is 4.47. The molecule has 4 aromatic rings. The van der Waals surface area contributed by atoms with Crippen LogP contribution < -0.4 is 20.3 Å². The Balaban J connectivity index is 1.32. The maximum Gasteiger partial charge on any atom is 0.266 e. The van der Waals surface area contributed by atoms with Crippen LogP contribution in [-0.4, -0.2) is 40.5 Å². The molecule has 1 aromatic heterocycles. The summed E-state index contributed by atoms with van der Waals surface area (Å²) in [4.78, 5) is 30.3. The SMILES string of the molecule is O=C(CSc1nc2ccccc2c(=O)n1-c1ccccc1F)NCC1COc2ccccc2O1. The summed E-state index contributed by atoms with van der Waals surface area (Å²) in [7, 11) is 0. The van der Waals surface area contributed by atoms with Crippen molar-refractivity contribution in [2.24, 2.45) is 0 Å². The molecule has 1 N–H and O–H groups in total. The van der Waals surface area contributed by atoms with E-state index in [-0.39, 0.29) is 35.2 Å². The minimum Gasteiger partial charge on any atom is -0.486 e. The van der Waals surface area contributed by atoms with E-state index in [0.29, 0.717) is 29.0 Å². The fraction of sp³-hybridized carbons (Fsp3) is 0.160. The van der Waals surface area contributed by atoms with E-state index >= 15 is 0 Å². The lowest BCUT2D eigenvalue weighted by Crippen LogP contribution is -2.41. The summed E-state index contributed by atoms with van der Waals surface area (Å²) in [6, 6.07) is 20.2. The molecule has 0 saturated carbocycles. The topological polar surface area (TPSA) is 82.5 Å². The van der Waals surface area contributed by atoms with E-state index in [1.165, 1.54) is 16.7 Å². The highest BCUT2D eigenvalue weighted by molar-refractivity contribution is 7.99. The Morgan fingerprint density at radius 3 is 2.65 bits per heavy atom. The molecule has 1 unspecified atom stereocenters. The van der Waals surface area contributed by atoms with Crippen molar-refractivity contribution in [1.82, 2.24) is 14.9 Å². The first-order valence-corrected chi connectivity index (χ1v) is 11.6. The van der Waals surface area contributed by atoms with Gasteiger partial charge in [0, 0.05) is 0 Å². The van der Waals surface area contributed by atoms with E-state index in [9.17, 15) is 14.0 Å². The second-order valence-corrected chi connectivity index (χ2v) is 8.54. The summed E-state index contributed by atoms with van der Waals surface area (Å²) in [5.74, 6) is 0.479. The van der Waals surface area contributed by atoms with Gasteiger partial charge in [-0.25, -0.2) is 9.37 Å². The first kappa shape index (κ1) is 22.0. The largest absolute Gasteiger partial charge is 0.486 e. The van der Waals surface area contributed by atoms with Gasteiger partial charge >= 0.3 is 0 Å². The van der Waals surface area contributed by atoms with Crippen molar-refractivity contribution in [2.45, 2.75) is 11.3 Å². The molecule has 2 heterocycles. The monoisotopic (exact) mass is 477 g/mol. The molecule has 1 amide bonds. The summed E-state index contributed by atoms with van der Waals surface area (Å²) in [6.07, 6.45) is -0.320. The summed E-state index contributed by atoms with van der Waals surface area (Å²) in [5.41, 5.74) is 0.166. The molecule has 5 rings (SSSR count). The number of amides is 1. The highest BCUT2D eigenvalue weighted by Gasteiger charge is 2.22. The number of thioether (sulfide) groups is 1. The van der Waals surface area contributed by atoms with Crippen LogP contribution in [0.3, 0.4) is 0 Å². The van der Waals surface area contributed by atoms with Crippen LogP contribution in [0, 0.1) is 5.82 Å². The maximum atomic E-state index is 14.6. The van der Waals surface area contributed by atoms with Crippen molar-refractivity contribution in [3.05, 3.63) is 89.0 Å². The predicted octanol–water partition coefficient (Wildman–Crippen LogP) is 3.57. The lowest BCUT2D eigenvalue weighted by Gasteiger charge is -2.26. The maximum absolute atomic E-state index is 14.6. The second-order valence-electron chi connectivity index (χ2n) is 7.59. The van der Waals surface area contributed by atoms with Gasteiger partial charge in [-0.3, -0.25) is 14.2 Å². The molecule has 0 fully saturated rings. The molecule has 7 nitrogen and oxygen atoms in total. The van der Waals surface area contributed by atoms with Gasteiger partial charge in [0.25, 0.3) is 5.56 Å². The number of rotatable bonds is 6. The third-order valence-electron chi connectivity index (χ3n) is 5.27. The number of para-hydroxylation sites is 4. The standard InChI is InChI=1S/C25H20FN3O4S/c26-18-8-2-4-10-20(18)29-24(31)17-7-1-3-9-19(17)28-25(29)34-15-23(30)27-13-16-14-32-21-11-5-6-12-22(21)33-16/h1-12,16H,13-15H2,(H,27,30). The number of fused-ring (bicyclic) bond motifs is 2. The number of ether oxygens (including phenoxy) is 2. The quantitative estimate of drug-likeness (QED) is 0.338. The molecular weight excluding hydrogens is 457 g/mol. The Bertz CT molecular complexity index is 1420. The van der Waals surface area contributed by atoms with Gasteiger partial charge in [-0.2, -0.15) is 0 Å². The van der Waals surface area contributed by atoms with Crippen LogP contribution in [0.2, 0.25) is 0 Å². The number of hydrogen-bond acceptors (Lipinski definition) is 6. The molecule has 0 spiro atoms. The van der Waals surface area contributed by atoms with Crippen molar-refractivity contribution in [3.63, 3.8) is 0 Å². The van der Waals surface area contributed by atoms with Gasteiger partial charge in [0.2, 0.25) is 5.91 Å². The van der Waals surface area contributed by atoms with Crippen LogP contribution in [0.25, 0.3) is 16.6 Å². The van der Waals surface area contributed by atoms with Gasteiger partial charge in [-0.1, -0.05) is 48.2 Å². The number of aromatic nitrogens is 2. The van der Waals surface area contributed by atoms with E-state index in [1.807, 2.05) is 24.3 Å². The third-order valence-corrected chi connectivity index (χ3v) is 6.20. The Labute approximate surface area is 198 Å². The van der Waals surface area contributed by atoms with Gasteiger partial charge in [0.15, 0.2) is 16.7 Å². The number of nitrogens with one attached hydrogen (secondary N) is 1. The molecule has 9 heteroatoms. The molecule has 172 valence electrons. The van der Waals surface area contributed by atoms with Crippen LogP contribution in [0.15, 0.2) is 82.7 Å². The van der Waals surface area contributed by atoms with Gasteiger partial charge in [-0.05, 0) is 36.4 Å².